The number of ether oxygens (including phenoxy) is 1. The predicted octanol–water partition coefficient (Wildman–Crippen LogP) is 0.640. The van der Waals surface area contributed by atoms with Crippen molar-refractivity contribution in [3.63, 3.8) is 0 Å². The Morgan fingerprint density at radius 2 is 2.31 bits per heavy atom. The van der Waals surface area contributed by atoms with Gasteiger partial charge in [-0.3, -0.25) is 0 Å². The molecule has 0 aromatic carbocycles. The van der Waals surface area contributed by atoms with Crippen LogP contribution in [0.15, 0.2) is 6.33 Å². The predicted molar refractivity (Wildman–Crippen MR) is 62.4 cm³/mol. The average molecular weight is 226 g/mol. The first-order valence-corrected chi connectivity index (χ1v) is 5.29. The molecule has 6 nitrogen and oxygen atoms in total. The van der Waals surface area contributed by atoms with Gasteiger partial charge in [0.25, 0.3) is 0 Å². The van der Waals surface area contributed by atoms with Crippen molar-refractivity contribution in [2.24, 2.45) is 0 Å². The van der Waals surface area contributed by atoms with Crippen molar-refractivity contribution in [2.75, 3.05) is 24.3 Å². The SMILES string of the molecule is CCCOc1ncnc(NC(C)CO)c1N. The zero-order chi connectivity index (χ0) is 12.0. The number of anilines is 2. The van der Waals surface area contributed by atoms with Crippen LogP contribution < -0.4 is 15.8 Å². The van der Waals surface area contributed by atoms with Gasteiger partial charge in [-0.1, -0.05) is 6.92 Å². The zero-order valence-electron chi connectivity index (χ0n) is 9.60. The van der Waals surface area contributed by atoms with Gasteiger partial charge in [-0.2, -0.15) is 4.98 Å². The number of nitrogens with one attached hydrogen (secondary N) is 1. The summed E-state index contributed by atoms with van der Waals surface area (Å²) in [6.07, 6.45) is 2.27. The highest BCUT2D eigenvalue weighted by Gasteiger charge is 2.10. The van der Waals surface area contributed by atoms with Gasteiger partial charge in [-0.15, -0.1) is 0 Å². The van der Waals surface area contributed by atoms with Crippen LogP contribution in [-0.2, 0) is 0 Å². The Labute approximate surface area is 94.9 Å². The van der Waals surface area contributed by atoms with E-state index in [9.17, 15) is 0 Å². The minimum atomic E-state index is -0.115. The number of aliphatic hydroxyl groups excluding tert-OH is 1. The first-order chi connectivity index (χ1) is 7.69. The summed E-state index contributed by atoms with van der Waals surface area (Å²) in [7, 11) is 0. The minimum absolute atomic E-state index is 0.00853. The Hall–Kier alpha value is -1.56. The summed E-state index contributed by atoms with van der Waals surface area (Å²) in [4.78, 5) is 7.95. The highest BCUT2D eigenvalue weighted by Crippen LogP contribution is 2.24. The van der Waals surface area contributed by atoms with Gasteiger partial charge < -0.3 is 20.9 Å². The van der Waals surface area contributed by atoms with E-state index in [-0.39, 0.29) is 12.6 Å². The Bertz CT molecular complexity index is 333. The second-order valence-corrected chi connectivity index (χ2v) is 3.52. The molecule has 1 rings (SSSR count). The zero-order valence-corrected chi connectivity index (χ0v) is 9.60. The first-order valence-electron chi connectivity index (χ1n) is 5.29. The number of nitrogen functional groups attached to an aromatic ring is 1. The van der Waals surface area contributed by atoms with E-state index in [4.69, 9.17) is 15.6 Å². The Morgan fingerprint density at radius 1 is 1.56 bits per heavy atom. The van der Waals surface area contributed by atoms with Crippen molar-refractivity contribution in [3.8, 4) is 5.88 Å². The van der Waals surface area contributed by atoms with E-state index >= 15 is 0 Å². The lowest BCUT2D eigenvalue weighted by molar-refractivity contribution is 0.281. The summed E-state index contributed by atoms with van der Waals surface area (Å²) in [5.41, 5.74) is 6.20. The molecule has 16 heavy (non-hydrogen) atoms. The van der Waals surface area contributed by atoms with Gasteiger partial charge in [-0.25, -0.2) is 4.98 Å². The molecule has 0 aliphatic rings. The van der Waals surface area contributed by atoms with Crippen LogP contribution in [0.25, 0.3) is 0 Å². The van der Waals surface area contributed by atoms with Gasteiger partial charge in [0.2, 0.25) is 5.88 Å². The van der Waals surface area contributed by atoms with E-state index in [2.05, 4.69) is 15.3 Å². The maximum absolute atomic E-state index is 8.92. The molecule has 0 aliphatic heterocycles. The molecule has 1 heterocycles. The average Bonchev–Trinajstić information content (AvgIpc) is 2.30. The molecule has 0 amide bonds. The summed E-state index contributed by atoms with van der Waals surface area (Å²) >= 11 is 0. The van der Waals surface area contributed by atoms with Crippen LogP contribution in [0.5, 0.6) is 5.88 Å². The fraction of sp³-hybridized carbons (Fsp3) is 0.600. The molecule has 4 N–H and O–H groups in total. The largest absolute Gasteiger partial charge is 0.476 e. The van der Waals surface area contributed by atoms with Crippen LogP contribution in [0.4, 0.5) is 11.5 Å². The molecular formula is C10H18N4O2. The molecule has 1 aromatic rings. The van der Waals surface area contributed by atoms with Crippen molar-refractivity contribution in [3.05, 3.63) is 6.33 Å². The fourth-order valence-corrected chi connectivity index (χ4v) is 1.09. The van der Waals surface area contributed by atoms with Crippen molar-refractivity contribution >= 4 is 11.5 Å². The van der Waals surface area contributed by atoms with Crippen molar-refractivity contribution in [1.82, 2.24) is 9.97 Å². The van der Waals surface area contributed by atoms with Crippen LogP contribution in [0.1, 0.15) is 20.3 Å². The molecule has 1 aromatic heterocycles. The summed E-state index contributed by atoms with van der Waals surface area (Å²) in [6, 6.07) is -0.115. The van der Waals surface area contributed by atoms with Gasteiger partial charge in [0.1, 0.15) is 12.0 Å². The summed E-state index contributed by atoms with van der Waals surface area (Å²) < 4.78 is 5.36. The maximum atomic E-state index is 8.92. The minimum Gasteiger partial charge on any atom is -0.476 e. The lowest BCUT2D eigenvalue weighted by Gasteiger charge is -2.14. The molecule has 0 saturated heterocycles. The molecule has 0 aliphatic carbocycles. The topological polar surface area (TPSA) is 93.3 Å². The molecule has 0 fully saturated rings. The molecule has 0 radical (unpaired) electrons. The number of nitrogens with two attached hydrogens (primary N) is 1. The number of nitrogens with zero attached hydrogens (tertiary/aromatic N) is 2. The lowest BCUT2D eigenvalue weighted by atomic mass is 10.3. The van der Waals surface area contributed by atoms with Crippen LogP contribution in [0, 0.1) is 0 Å². The van der Waals surface area contributed by atoms with E-state index in [1.165, 1.54) is 6.33 Å². The smallest absolute Gasteiger partial charge is 0.242 e. The van der Waals surface area contributed by atoms with Gasteiger partial charge in [0.05, 0.1) is 13.2 Å². The van der Waals surface area contributed by atoms with Gasteiger partial charge in [-0.05, 0) is 13.3 Å². The Kier molecular flexibility index (Phi) is 4.78. The van der Waals surface area contributed by atoms with E-state index in [1.807, 2.05) is 13.8 Å². The molecule has 0 bridgehead atoms. The summed E-state index contributed by atoms with van der Waals surface area (Å²) in [5.74, 6) is 0.868. The van der Waals surface area contributed by atoms with Crippen molar-refractivity contribution in [1.29, 1.82) is 0 Å². The van der Waals surface area contributed by atoms with Gasteiger partial charge in [0.15, 0.2) is 5.82 Å². The fourth-order valence-electron chi connectivity index (χ4n) is 1.09. The molecule has 1 atom stereocenters. The molecule has 1 unspecified atom stereocenters. The normalized spacial score (nSPS) is 12.2. The van der Waals surface area contributed by atoms with Crippen LogP contribution in [-0.4, -0.2) is 34.3 Å². The third-order valence-corrected chi connectivity index (χ3v) is 1.95. The molecule has 6 heteroatoms. The summed E-state index contributed by atoms with van der Waals surface area (Å²) in [5, 5.41) is 11.9. The monoisotopic (exact) mass is 226 g/mol. The highest BCUT2D eigenvalue weighted by atomic mass is 16.5. The third-order valence-electron chi connectivity index (χ3n) is 1.95. The molecule has 0 spiro atoms. The molecular weight excluding hydrogens is 208 g/mol. The Balaban J connectivity index is 2.77. The number of aliphatic hydroxyl groups is 1. The summed E-state index contributed by atoms with van der Waals surface area (Å²) in [6.45, 7) is 4.41. The molecule has 90 valence electrons. The number of hydrogen-bond donors (Lipinski definition) is 3. The van der Waals surface area contributed by atoms with E-state index in [0.29, 0.717) is 24.0 Å². The van der Waals surface area contributed by atoms with E-state index in [1.54, 1.807) is 0 Å². The Morgan fingerprint density at radius 3 is 2.94 bits per heavy atom. The first kappa shape index (κ1) is 12.5. The second kappa shape index (κ2) is 6.12. The van der Waals surface area contributed by atoms with Crippen molar-refractivity contribution in [2.45, 2.75) is 26.3 Å². The molecule has 0 saturated carbocycles. The maximum Gasteiger partial charge on any atom is 0.242 e. The quantitative estimate of drug-likeness (QED) is 0.659. The van der Waals surface area contributed by atoms with Gasteiger partial charge in [0, 0.05) is 6.04 Å². The number of rotatable bonds is 6. The standard InChI is InChI=1S/C10H18N4O2/c1-3-4-16-10-8(11)9(12-6-13-10)14-7(2)5-15/h6-7,15H,3-5,11H2,1-2H3,(H,12,13,14). The van der Waals surface area contributed by atoms with Crippen LogP contribution >= 0.6 is 0 Å². The third kappa shape index (κ3) is 3.23. The number of aromatic nitrogens is 2. The van der Waals surface area contributed by atoms with Crippen LogP contribution in [0.2, 0.25) is 0 Å². The van der Waals surface area contributed by atoms with Crippen LogP contribution in [0.3, 0.4) is 0 Å². The second-order valence-electron chi connectivity index (χ2n) is 3.52. The van der Waals surface area contributed by atoms with Crippen molar-refractivity contribution < 1.29 is 9.84 Å². The number of hydrogen-bond acceptors (Lipinski definition) is 6. The van der Waals surface area contributed by atoms with E-state index < -0.39 is 0 Å². The highest BCUT2D eigenvalue weighted by molar-refractivity contribution is 5.66. The van der Waals surface area contributed by atoms with E-state index in [0.717, 1.165) is 6.42 Å². The van der Waals surface area contributed by atoms with Gasteiger partial charge >= 0.3 is 0 Å². The lowest BCUT2D eigenvalue weighted by Crippen LogP contribution is -2.21.